The Balaban J connectivity index is 1.77. The summed E-state index contributed by atoms with van der Waals surface area (Å²) in [4.78, 5) is 15.0. The summed E-state index contributed by atoms with van der Waals surface area (Å²) in [5.74, 6) is 0.581. The van der Waals surface area contributed by atoms with Crippen molar-refractivity contribution < 1.29 is 4.79 Å². The number of hydrogen-bond acceptors (Lipinski definition) is 2. The van der Waals surface area contributed by atoms with Gasteiger partial charge in [0.05, 0.1) is 5.70 Å². The van der Waals surface area contributed by atoms with Gasteiger partial charge in [0.2, 0.25) is 0 Å². The summed E-state index contributed by atoms with van der Waals surface area (Å²) in [6, 6.07) is 19.2. The van der Waals surface area contributed by atoms with E-state index in [0.717, 1.165) is 37.2 Å². The van der Waals surface area contributed by atoms with Crippen LogP contribution in [0, 0.1) is 5.92 Å². The van der Waals surface area contributed by atoms with Gasteiger partial charge in [-0.2, -0.15) is 0 Å². The normalized spacial score (nSPS) is 19.8. The maximum absolute atomic E-state index is 12.7. The van der Waals surface area contributed by atoms with Gasteiger partial charge in [0.1, 0.15) is 0 Å². The molecular formula is C22H19NO. The number of carbonyl (C=O) groups is 1. The zero-order valence-corrected chi connectivity index (χ0v) is 13.5. The minimum absolute atomic E-state index is 0.243. The van der Waals surface area contributed by atoms with Gasteiger partial charge < -0.3 is 4.90 Å². The summed E-state index contributed by atoms with van der Waals surface area (Å²) >= 11 is 0. The molecule has 0 saturated carbocycles. The number of ketones is 1. The Morgan fingerprint density at radius 2 is 1.54 bits per heavy atom. The number of fused-ring (bicyclic) bond motifs is 6. The highest BCUT2D eigenvalue weighted by atomic mass is 16.1. The van der Waals surface area contributed by atoms with Crippen molar-refractivity contribution in [1.29, 1.82) is 0 Å². The minimum Gasteiger partial charge on any atom is -0.369 e. The SMILES string of the molecule is O=C1/C(=C\c2cc3ccccc3c3ccccc23)N2CCC1CC2. The molecule has 3 aromatic carbocycles. The van der Waals surface area contributed by atoms with Gasteiger partial charge in [-0.05, 0) is 52.1 Å². The number of hydrogen-bond donors (Lipinski definition) is 0. The first-order valence-electron chi connectivity index (χ1n) is 8.72. The van der Waals surface area contributed by atoms with Crippen LogP contribution in [0.15, 0.2) is 60.3 Å². The lowest BCUT2D eigenvalue weighted by molar-refractivity contribution is -0.125. The molecule has 24 heavy (non-hydrogen) atoms. The summed E-state index contributed by atoms with van der Waals surface area (Å²) in [6.45, 7) is 2.04. The molecule has 0 spiro atoms. The summed E-state index contributed by atoms with van der Waals surface area (Å²) in [5, 5.41) is 4.98. The van der Waals surface area contributed by atoms with Crippen LogP contribution in [0.25, 0.3) is 27.6 Å². The molecule has 3 aromatic rings. The molecule has 3 saturated heterocycles. The molecule has 0 aliphatic carbocycles. The Bertz CT molecular complexity index is 993. The van der Waals surface area contributed by atoms with Crippen molar-refractivity contribution in [3.63, 3.8) is 0 Å². The summed E-state index contributed by atoms with van der Waals surface area (Å²) in [5.41, 5.74) is 2.07. The molecule has 2 heteroatoms. The molecule has 0 amide bonds. The van der Waals surface area contributed by atoms with E-state index in [4.69, 9.17) is 0 Å². The van der Waals surface area contributed by atoms with Crippen molar-refractivity contribution in [2.75, 3.05) is 13.1 Å². The number of piperidine rings is 3. The Labute approximate surface area is 141 Å². The molecule has 0 aromatic heterocycles. The van der Waals surface area contributed by atoms with Crippen molar-refractivity contribution in [2.45, 2.75) is 12.8 Å². The van der Waals surface area contributed by atoms with E-state index < -0.39 is 0 Å². The maximum Gasteiger partial charge on any atom is 0.182 e. The first-order valence-corrected chi connectivity index (χ1v) is 8.72. The average Bonchev–Trinajstić information content (AvgIpc) is 2.65. The van der Waals surface area contributed by atoms with Gasteiger partial charge in [-0.15, -0.1) is 0 Å². The summed E-state index contributed by atoms with van der Waals surface area (Å²) in [7, 11) is 0. The highest BCUT2D eigenvalue weighted by molar-refractivity contribution is 6.12. The lowest BCUT2D eigenvalue weighted by atomic mass is 9.84. The number of nitrogens with zero attached hydrogens (tertiary/aromatic N) is 1. The first kappa shape index (κ1) is 13.8. The fourth-order valence-corrected chi connectivity index (χ4v) is 4.26. The predicted octanol–water partition coefficient (Wildman–Crippen LogP) is 4.63. The van der Waals surface area contributed by atoms with Gasteiger partial charge in [-0.1, -0.05) is 48.5 Å². The van der Waals surface area contributed by atoms with Crippen LogP contribution in [0.2, 0.25) is 0 Å². The molecule has 2 nitrogen and oxygen atoms in total. The molecule has 0 atom stereocenters. The lowest BCUT2D eigenvalue weighted by Gasteiger charge is -2.41. The number of rotatable bonds is 1. The lowest BCUT2D eigenvalue weighted by Crippen LogP contribution is -2.45. The van der Waals surface area contributed by atoms with Gasteiger partial charge in [-0.3, -0.25) is 4.79 Å². The third-order valence-electron chi connectivity index (χ3n) is 5.55. The van der Waals surface area contributed by atoms with Crippen LogP contribution in [-0.2, 0) is 4.79 Å². The van der Waals surface area contributed by atoms with E-state index in [1.807, 2.05) is 0 Å². The van der Waals surface area contributed by atoms with Crippen LogP contribution in [0.1, 0.15) is 18.4 Å². The molecule has 3 heterocycles. The highest BCUT2D eigenvalue weighted by Crippen LogP contribution is 2.35. The second-order valence-electron chi connectivity index (χ2n) is 6.89. The molecule has 0 unspecified atom stereocenters. The van der Waals surface area contributed by atoms with E-state index in [1.165, 1.54) is 21.5 Å². The molecule has 3 fully saturated rings. The van der Waals surface area contributed by atoms with Crippen LogP contribution in [0.5, 0.6) is 0 Å². The van der Waals surface area contributed by atoms with E-state index in [2.05, 4.69) is 65.6 Å². The topological polar surface area (TPSA) is 20.3 Å². The second kappa shape index (κ2) is 5.20. The zero-order chi connectivity index (χ0) is 16.1. The monoisotopic (exact) mass is 313 g/mol. The first-order chi connectivity index (χ1) is 11.8. The molecule has 118 valence electrons. The average molecular weight is 313 g/mol. The molecule has 0 radical (unpaired) electrons. The van der Waals surface area contributed by atoms with E-state index in [0.29, 0.717) is 5.78 Å². The van der Waals surface area contributed by atoms with Crippen LogP contribution in [0.3, 0.4) is 0 Å². The minimum atomic E-state index is 0.243. The molecule has 6 rings (SSSR count). The zero-order valence-electron chi connectivity index (χ0n) is 13.5. The number of carbonyl (C=O) groups excluding carboxylic acids is 1. The quantitative estimate of drug-likeness (QED) is 0.482. The van der Waals surface area contributed by atoms with E-state index in [1.54, 1.807) is 0 Å². The summed E-state index contributed by atoms with van der Waals surface area (Å²) < 4.78 is 0. The van der Waals surface area contributed by atoms with E-state index in [9.17, 15) is 4.79 Å². The van der Waals surface area contributed by atoms with Gasteiger partial charge in [-0.25, -0.2) is 0 Å². The van der Waals surface area contributed by atoms with Crippen molar-refractivity contribution in [2.24, 2.45) is 5.92 Å². The summed E-state index contributed by atoms with van der Waals surface area (Å²) in [6.07, 6.45) is 4.17. The molecule has 2 bridgehead atoms. The maximum atomic E-state index is 12.7. The van der Waals surface area contributed by atoms with E-state index >= 15 is 0 Å². The second-order valence-corrected chi connectivity index (χ2v) is 6.89. The van der Waals surface area contributed by atoms with Crippen molar-refractivity contribution in [1.82, 2.24) is 4.90 Å². The number of benzene rings is 3. The Morgan fingerprint density at radius 3 is 2.29 bits per heavy atom. The third kappa shape index (κ3) is 1.99. The van der Waals surface area contributed by atoms with Crippen LogP contribution in [-0.4, -0.2) is 23.8 Å². The van der Waals surface area contributed by atoms with Crippen LogP contribution < -0.4 is 0 Å². The van der Waals surface area contributed by atoms with Crippen molar-refractivity contribution >= 4 is 33.4 Å². The Morgan fingerprint density at radius 1 is 0.875 bits per heavy atom. The largest absolute Gasteiger partial charge is 0.369 e. The van der Waals surface area contributed by atoms with Gasteiger partial charge in [0.25, 0.3) is 0 Å². The fraction of sp³-hybridized carbons (Fsp3) is 0.227. The van der Waals surface area contributed by atoms with Crippen LogP contribution >= 0.6 is 0 Å². The molecular weight excluding hydrogens is 294 g/mol. The Hall–Kier alpha value is -2.61. The molecule has 3 aliphatic rings. The molecule has 3 aliphatic heterocycles. The number of Topliss-reactive ketones (excluding diaryl/α,β-unsaturated/α-hetero) is 1. The van der Waals surface area contributed by atoms with Crippen LogP contribution in [0.4, 0.5) is 0 Å². The van der Waals surface area contributed by atoms with E-state index in [-0.39, 0.29) is 5.92 Å². The standard InChI is InChI=1S/C22H19NO/c24-22-15-9-11-23(12-10-15)21(22)14-17-13-16-5-1-2-6-18(16)20-8-4-3-7-19(17)20/h1-8,13-15H,9-12H2/b21-14+. The Kier molecular flexibility index (Phi) is 2.99. The third-order valence-corrected chi connectivity index (χ3v) is 5.55. The van der Waals surface area contributed by atoms with Gasteiger partial charge in [0, 0.05) is 19.0 Å². The fourth-order valence-electron chi connectivity index (χ4n) is 4.26. The van der Waals surface area contributed by atoms with Gasteiger partial charge in [0.15, 0.2) is 5.78 Å². The molecule has 0 N–H and O–H groups in total. The highest BCUT2D eigenvalue weighted by Gasteiger charge is 2.36. The van der Waals surface area contributed by atoms with Gasteiger partial charge >= 0.3 is 0 Å². The number of allylic oxidation sites excluding steroid dienone is 1. The van der Waals surface area contributed by atoms with Crippen molar-refractivity contribution in [3.05, 3.63) is 65.9 Å². The smallest absolute Gasteiger partial charge is 0.182 e. The predicted molar refractivity (Wildman–Crippen MR) is 98.7 cm³/mol. The van der Waals surface area contributed by atoms with Crippen molar-refractivity contribution in [3.8, 4) is 0 Å².